The van der Waals surface area contributed by atoms with E-state index in [0.717, 1.165) is 70.0 Å². The second-order valence-electron chi connectivity index (χ2n) is 17.6. The third-order valence-electron chi connectivity index (χ3n) is 14.2. The van der Waals surface area contributed by atoms with Crippen molar-refractivity contribution in [1.82, 2.24) is 23.7 Å². The number of hydrogen-bond donors (Lipinski definition) is 0. The van der Waals surface area contributed by atoms with Crippen molar-refractivity contribution in [1.29, 1.82) is 0 Å². The van der Waals surface area contributed by atoms with Crippen LogP contribution in [0.3, 0.4) is 0 Å². The Morgan fingerprint density at radius 3 is 1.51 bits per heavy atom. The minimum absolute atomic E-state index is 0.825. The maximum absolute atomic E-state index is 6.25. The van der Waals surface area contributed by atoms with Crippen LogP contribution in [0.2, 0.25) is 0 Å². The number of para-hydroxylation sites is 2. The lowest BCUT2D eigenvalue weighted by Gasteiger charge is -2.22. The Labute approximate surface area is 386 Å². The van der Waals surface area contributed by atoms with E-state index in [-0.39, 0.29) is 0 Å². The van der Waals surface area contributed by atoms with E-state index in [9.17, 15) is 0 Å². The molecule has 3 aliphatic rings. The fourth-order valence-electron chi connectivity index (χ4n) is 11.5. The third-order valence-corrected chi connectivity index (χ3v) is 14.2. The fourth-order valence-corrected chi connectivity index (χ4v) is 11.5. The zero-order chi connectivity index (χ0) is 44.3. The van der Waals surface area contributed by atoms with Gasteiger partial charge < -0.3 is 18.1 Å². The van der Waals surface area contributed by atoms with Crippen LogP contribution in [0.15, 0.2) is 192 Å². The van der Waals surface area contributed by atoms with Crippen molar-refractivity contribution >= 4 is 65.8 Å². The summed E-state index contributed by atoms with van der Waals surface area (Å²) in [5.74, 6) is 2.05. The summed E-state index contributed by atoms with van der Waals surface area (Å²) in [4.78, 5) is 10.3. The van der Waals surface area contributed by atoms with Crippen LogP contribution in [0.1, 0.15) is 30.5 Å². The van der Waals surface area contributed by atoms with Gasteiger partial charge in [0.05, 0.1) is 46.2 Å². The van der Waals surface area contributed by atoms with Gasteiger partial charge in [-0.3, -0.25) is 0 Å². The molecule has 13 aromatic rings. The summed E-state index contributed by atoms with van der Waals surface area (Å²) in [5, 5.41) is 5.02. The fraction of sp³-hybridized carbons (Fsp3) is 0.0820. The molecular formula is C61H43N5O. The highest BCUT2D eigenvalue weighted by Gasteiger charge is 2.31. The first-order valence-corrected chi connectivity index (χ1v) is 23.4. The standard InChI is InChI=1S/C33H21N3.C26H16N2O.C2H6/c1-2-9-20(10-3-1)33-34-27-17-28-29(30-24-14-7-5-12-22(24)19-36(33)32(27)30)26-16-8-15-25-23-13-6-4-11-21(23)18-35(28)31(25)26;1-2-8-16(9-3-1)26-27-20-14-22-23(19-12-6-7-13-21(19)29-22)24-18-11-5-4-10-17(18)15-28(26)25(20)24;1-2/h1-17H,18-19H2;1-14H,15H2;1-2H3. The minimum atomic E-state index is 0.825. The van der Waals surface area contributed by atoms with Gasteiger partial charge in [0.15, 0.2) is 0 Å². The van der Waals surface area contributed by atoms with E-state index < -0.39 is 0 Å². The van der Waals surface area contributed by atoms with Crippen molar-refractivity contribution in [2.75, 3.05) is 0 Å². The van der Waals surface area contributed by atoms with Crippen LogP contribution in [0.5, 0.6) is 0 Å². The molecule has 9 aromatic carbocycles. The molecule has 0 bridgehead atoms. The quantitative estimate of drug-likeness (QED) is 0.174. The molecule has 318 valence electrons. The number of aromatic nitrogens is 5. The monoisotopic (exact) mass is 861 g/mol. The molecule has 0 spiro atoms. The maximum atomic E-state index is 6.25. The first kappa shape index (κ1) is 37.9. The van der Waals surface area contributed by atoms with Crippen molar-refractivity contribution in [2.24, 2.45) is 0 Å². The summed E-state index contributed by atoms with van der Waals surface area (Å²) in [6.45, 7) is 6.54. The van der Waals surface area contributed by atoms with Crippen LogP contribution in [0, 0.1) is 0 Å². The van der Waals surface area contributed by atoms with Gasteiger partial charge in [-0.05, 0) is 45.5 Å². The number of benzene rings is 9. The van der Waals surface area contributed by atoms with Gasteiger partial charge in [0.1, 0.15) is 22.8 Å². The van der Waals surface area contributed by atoms with Crippen LogP contribution >= 0.6 is 0 Å². The Morgan fingerprint density at radius 1 is 0.388 bits per heavy atom. The smallest absolute Gasteiger partial charge is 0.141 e. The van der Waals surface area contributed by atoms with Crippen molar-refractivity contribution in [2.45, 2.75) is 33.5 Å². The molecule has 0 atom stereocenters. The molecule has 67 heavy (non-hydrogen) atoms. The topological polar surface area (TPSA) is 53.7 Å². The van der Waals surface area contributed by atoms with Crippen molar-refractivity contribution in [3.8, 4) is 56.2 Å². The van der Waals surface area contributed by atoms with Crippen molar-refractivity contribution < 1.29 is 4.42 Å². The van der Waals surface area contributed by atoms with Gasteiger partial charge in [-0.25, -0.2) is 9.97 Å². The van der Waals surface area contributed by atoms with Crippen molar-refractivity contribution in [3.05, 3.63) is 205 Å². The number of imidazole rings is 2. The SMILES string of the molecule is CC.c1ccc(-c2nc3cc4c(c5c3n2Cc2ccccc2-5)c2cccc3c2n4Cc2ccccc2-3)cc1.c1ccc(-c2nc3cc4oc5ccccc5c4c4c3n2Cc2ccccc2-4)cc1. The average molecular weight is 862 g/mol. The van der Waals surface area contributed by atoms with E-state index in [1.165, 1.54) is 88.3 Å². The Hall–Kier alpha value is -8.48. The predicted octanol–water partition coefficient (Wildman–Crippen LogP) is 15.5. The van der Waals surface area contributed by atoms with Crippen LogP contribution < -0.4 is 0 Å². The maximum Gasteiger partial charge on any atom is 0.141 e. The molecule has 0 saturated heterocycles. The molecule has 0 radical (unpaired) electrons. The van der Waals surface area contributed by atoms with E-state index >= 15 is 0 Å². The van der Waals surface area contributed by atoms with E-state index in [2.05, 4.69) is 184 Å². The molecule has 3 aliphatic heterocycles. The molecule has 0 amide bonds. The highest BCUT2D eigenvalue weighted by Crippen LogP contribution is 2.50. The molecule has 0 N–H and O–H groups in total. The zero-order valence-electron chi connectivity index (χ0n) is 37.2. The van der Waals surface area contributed by atoms with Crippen LogP contribution in [0.4, 0.5) is 0 Å². The summed E-state index contributed by atoms with van der Waals surface area (Å²) in [6.07, 6.45) is 0. The minimum Gasteiger partial charge on any atom is -0.456 e. The first-order valence-electron chi connectivity index (χ1n) is 23.4. The summed E-state index contributed by atoms with van der Waals surface area (Å²) in [7, 11) is 0. The van der Waals surface area contributed by atoms with Gasteiger partial charge in [-0.1, -0.05) is 184 Å². The Balaban J connectivity index is 0.000000126. The predicted molar refractivity (Wildman–Crippen MR) is 276 cm³/mol. The van der Waals surface area contributed by atoms with Crippen LogP contribution in [-0.2, 0) is 19.6 Å². The molecule has 6 nitrogen and oxygen atoms in total. The number of furan rings is 1. The second-order valence-corrected chi connectivity index (χ2v) is 17.6. The number of rotatable bonds is 2. The third kappa shape index (κ3) is 5.38. The highest BCUT2D eigenvalue weighted by atomic mass is 16.3. The molecule has 0 unspecified atom stereocenters. The van der Waals surface area contributed by atoms with Gasteiger partial charge in [0.25, 0.3) is 0 Å². The van der Waals surface area contributed by atoms with Crippen LogP contribution in [-0.4, -0.2) is 23.7 Å². The highest BCUT2D eigenvalue weighted by molar-refractivity contribution is 6.25. The lowest BCUT2D eigenvalue weighted by atomic mass is 9.91. The molecule has 0 saturated carbocycles. The molecule has 4 aromatic heterocycles. The Kier molecular flexibility index (Phi) is 8.20. The number of nitrogens with zero attached hydrogens (tertiary/aromatic N) is 5. The zero-order valence-corrected chi connectivity index (χ0v) is 37.2. The van der Waals surface area contributed by atoms with E-state index in [0.29, 0.717) is 0 Å². The van der Waals surface area contributed by atoms with Gasteiger partial charge >= 0.3 is 0 Å². The van der Waals surface area contributed by atoms with E-state index in [4.69, 9.17) is 14.4 Å². The average Bonchev–Trinajstić information content (AvgIpc) is 4.15. The first-order chi connectivity index (χ1) is 33.2. The summed E-state index contributed by atoms with van der Waals surface area (Å²) in [5.41, 5.74) is 23.1. The van der Waals surface area contributed by atoms with Crippen LogP contribution in [0.25, 0.3) is 122 Å². The summed E-state index contributed by atoms with van der Waals surface area (Å²) in [6, 6.07) is 67.0. The van der Waals surface area contributed by atoms with Crippen molar-refractivity contribution in [3.63, 3.8) is 0 Å². The molecule has 6 heteroatoms. The second kappa shape index (κ2) is 14.5. The molecule has 0 aliphatic carbocycles. The van der Waals surface area contributed by atoms with Gasteiger partial charge in [0, 0.05) is 62.0 Å². The van der Waals surface area contributed by atoms with E-state index in [1.54, 1.807) is 0 Å². The van der Waals surface area contributed by atoms with E-state index in [1.807, 2.05) is 32.0 Å². The Morgan fingerprint density at radius 2 is 0.866 bits per heavy atom. The number of hydrogen-bond acceptors (Lipinski definition) is 3. The van der Waals surface area contributed by atoms with Gasteiger partial charge in [-0.15, -0.1) is 0 Å². The lowest BCUT2D eigenvalue weighted by Crippen LogP contribution is -2.09. The summed E-state index contributed by atoms with van der Waals surface area (Å²) < 4.78 is 13.6. The lowest BCUT2D eigenvalue weighted by molar-refractivity contribution is 0.669. The molecular weight excluding hydrogens is 819 g/mol. The molecule has 7 heterocycles. The molecule has 0 fully saturated rings. The van der Waals surface area contributed by atoms with Gasteiger partial charge in [-0.2, -0.15) is 0 Å². The normalized spacial score (nSPS) is 12.7. The summed E-state index contributed by atoms with van der Waals surface area (Å²) >= 11 is 0. The Bertz CT molecular complexity index is 4150. The van der Waals surface area contributed by atoms with Gasteiger partial charge in [0.2, 0.25) is 0 Å². The largest absolute Gasteiger partial charge is 0.456 e. The molecule has 16 rings (SSSR count). The number of fused-ring (bicyclic) bond motifs is 14.